The van der Waals surface area contributed by atoms with Crippen LogP contribution in [-0.4, -0.2) is 0 Å². The van der Waals surface area contributed by atoms with Crippen LogP contribution in [0.4, 0.5) is 0 Å². The lowest BCUT2D eigenvalue weighted by Crippen LogP contribution is -1.80. The van der Waals surface area contributed by atoms with Gasteiger partial charge in [-0.3, -0.25) is 0 Å². The SMILES string of the molecule is [CH2]C(Br)c1cc[c]cc1. The number of alkyl halides is 1. The quantitative estimate of drug-likeness (QED) is 0.587. The summed E-state index contributed by atoms with van der Waals surface area (Å²) in [5, 5.41) is 0. The average Bonchev–Trinajstić information content (AvgIpc) is 1.90. The standard InChI is InChI=1S/C8H7Br/c1-7(9)8-5-3-2-4-6-8/h3-7H,1H2. The van der Waals surface area contributed by atoms with Crippen LogP contribution in [0.2, 0.25) is 0 Å². The molecule has 0 spiro atoms. The Bertz CT molecular complexity index is 167. The van der Waals surface area contributed by atoms with Gasteiger partial charge in [0.05, 0.1) is 0 Å². The van der Waals surface area contributed by atoms with Crippen LogP contribution in [0.3, 0.4) is 0 Å². The van der Waals surface area contributed by atoms with Gasteiger partial charge in [-0.1, -0.05) is 40.2 Å². The predicted molar refractivity (Wildman–Crippen MR) is 42.3 cm³/mol. The lowest BCUT2D eigenvalue weighted by Gasteiger charge is -1.99. The third-order valence-electron chi connectivity index (χ3n) is 1.11. The van der Waals surface area contributed by atoms with E-state index in [4.69, 9.17) is 0 Å². The summed E-state index contributed by atoms with van der Waals surface area (Å²) in [5.74, 6) is 0. The Morgan fingerprint density at radius 1 is 1.44 bits per heavy atom. The monoisotopic (exact) mass is 182 g/mol. The number of rotatable bonds is 1. The molecular weight excluding hydrogens is 176 g/mol. The molecule has 0 aliphatic carbocycles. The molecule has 1 unspecified atom stereocenters. The highest BCUT2D eigenvalue weighted by atomic mass is 79.9. The van der Waals surface area contributed by atoms with Crippen LogP contribution in [0.25, 0.3) is 0 Å². The molecule has 1 atom stereocenters. The zero-order valence-electron chi connectivity index (χ0n) is 4.97. The van der Waals surface area contributed by atoms with Crippen molar-refractivity contribution in [2.45, 2.75) is 4.83 Å². The Kier molecular flexibility index (Phi) is 2.29. The van der Waals surface area contributed by atoms with Crippen molar-refractivity contribution >= 4 is 15.9 Å². The fourth-order valence-electron chi connectivity index (χ4n) is 0.609. The number of benzene rings is 1. The zero-order valence-corrected chi connectivity index (χ0v) is 6.56. The van der Waals surface area contributed by atoms with E-state index in [0.717, 1.165) is 0 Å². The van der Waals surface area contributed by atoms with Crippen LogP contribution in [0.1, 0.15) is 10.4 Å². The second-order valence-electron chi connectivity index (χ2n) is 1.80. The van der Waals surface area contributed by atoms with Gasteiger partial charge in [0, 0.05) is 4.83 Å². The molecule has 0 nitrogen and oxygen atoms in total. The van der Waals surface area contributed by atoms with Crippen molar-refractivity contribution in [2.75, 3.05) is 0 Å². The van der Waals surface area contributed by atoms with E-state index in [1.54, 1.807) is 0 Å². The Hall–Kier alpha value is -0.300. The van der Waals surface area contributed by atoms with Crippen molar-refractivity contribution < 1.29 is 0 Å². The predicted octanol–water partition coefficient (Wildman–Crippen LogP) is 2.76. The average molecular weight is 183 g/mol. The van der Waals surface area contributed by atoms with E-state index in [-0.39, 0.29) is 4.83 Å². The van der Waals surface area contributed by atoms with E-state index < -0.39 is 0 Å². The molecule has 9 heavy (non-hydrogen) atoms. The first-order chi connectivity index (χ1) is 4.30. The minimum absolute atomic E-state index is 0.201. The maximum atomic E-state index is 3.81. The van der Waals surface area contributed by atoms with Crippen molar-refractivity contribution in [2.24, 2.45) is 0 Å². The first kappa shape index (κ1) is 6.81. The van der Waals surface area contributed by atoms with Crippen molar-refractivity contribution in [3.8, 4) is 0 Å². The third kappa shape index (κ3) is 1.83. The summed E-state index contributed by atoms with van der Waals surface area (Å²) in [6, 6.07) is 10.7. The topological polar surface area (TPSA) is 0 Å². The zero-order chi connectivity index (χ0) is 6.69. The van der Waals surface area contributed by atoms with E-state index in [1.165, 1.54) is 5.56 Å². The van der Waals surface area contributed by atoms with E-state index in [2.05, 4.69) is 28.9 Å². The maximum Gasteiger partial charge on any atom is 0.0395 e. The van der Waals surface area contributed by atoms with Crippen molar-refractivity contribution in [1.29, 1.82) is 0 Å². The summed E-state index contributed by atoms with van der Waals surface area (Å²) in [6.45, 7) is 3.81. The van der Waals surface area contributed by atoms with Gasteiger partial charge in [-0.15, -0.1) is 0 Å². The Morgan fingerprint density at radius 2 is 2.00 bits per heavy atom. The minimum atomic E-state index is 0.201. The van der Waals surface area contributed by atoms with Gasteiger partial charge in [-0.2, -0.15) is 0 Å². The number of hydrogen-bond acceptors (Lipinski definition) is 0. The molecule has 0 aliphatic heterocycles. The second kappa shape index (κ2) is 3.02. The summed E-state index contributed by atoms with van der Waals surface area (Å²) >= 11 is 3.36. The highest BCUT2D eigenvalue weighted by Gasteiger charge is 1.95. The summed E-state index contributed by atoms with van der Waals surface area (Å²) < 4.78 is 0. The summed E-state index contributed by atoms with van der Waals surface area (Å²) in [6.07, 6.45) is 0. The fraction of sp³-hybridized carbons (Fsp3) is 0.125. The molecule has 0 amide bonds. The molecule has 0 fully saturated rings. The molecule has 1 rings (SSSR count). The Balaban J connectivity index is 2.85. The third-order valence-corrected chi connectivity index (χ3v) is 1.63. The summed E-state index contributed by atoms with van der Waals surface area (Å²) in [5.41, 5.74) is 1.19. The molecule has 0 saturated heterocycles. The normalized spacial score (nSPS) is 13.1. The Morgan fingerprint density at radius 3 is 2.33 bits per heavy atom. The molecule has 0 heterocycles. The van der Waals surface area contributed by atoms with Gasteiger partial charge in [0.1, 0.15) is 0 Å². The van der Waals surface area contributed by atoms with E-state index >= 15 is 0 Å². The van der Waals surface area contributed by atoms with Crippen LogP contribution in [0, 0.1) is 13.0 Å². The lowest BCUT2D eigenvalue weighted by atomic mass is 10.2. The summed E-state index contributed by atoms with van der Waals surface area (Å²) in [4.78, 5) is 0.201. The first-order valence-corrected chi connectivity index (χ1v) is 3.65. The molecule has 0 saturated carbocycles. The van der Waals surface area contributed by atoms with Gasteiger partial charge in [-0.25, -0.2) is 0 Å². The molecule has 1 aromatic rings. The van der Waals surface area contributed by atoms with Gasteiger partial charge in [-0.05, 0) is 18.6 Å². The largest absolute Gasteiger partial charge is 0.0839 e. The number of hydrogen-bond donors (Lipinski definition) is 0. The van der Waals surface area contributed by atoms with Crippen molar-refractivity contribution in [1.82, 2.24) is 0 Å². The van der Waals surface area contributed by atoms with Gasteiger partial charge >= 0.3 is 0 Å². The highest BCUT2D eigenvalue weighted by Crippen LogP contribution is 2.19. The fourth-order valence-corrected chi connectivity index (χ4v) is 0.914. The summed E-state index contributed by atoms with van der Waals surface area (Å²) in [7, 11) is 0. The second-order valence-corrected chi connectivity index (χ2v) is 2.91. The molecule has 0 aliphatic rings. The first-order valence-electron chi connectivity index (χ1n) is 2.74. The van der Waals surface area contributed by atoms with E-state index in [0.29, 0.717) is 0 Å². The van der Waals surface area contributed by atoms with Gasteiger partial charge < -0.3 is 0 Å². The molecule has 2 radical (unpaired) electrons. The Labute approximate surface area is 64.0 Å². The smallest absolute Gasteiger partial charge is 0.0395 e. The minimum Gasteiger partial charge on any atom is -0.0839 e. The number of halogens is 1. The molecular formula is C8H7Br. The van der Waals surface area contributed by atoms with Gasteiger partial charge in [0.2, 0.25) is 0 Å². The van der Waals surface area contributed by atoms with E-state index in [9.17, 15) is 0 Å². The molecule has 0 N–H and O–H groups in total. The molecule has 1 heteroatoms. The van der Waals surface area contributed by atoms with Crippen molar-refractivity contribution in [3.05, 3.63) is 42.8 Å². The van der Waals surface area contributed by atoms with Crippen LogP contribution < -0.4 is 0 Å². The van der Waals surface area contributed by atoms with Crippen LogP contribution in [-0.2, 0) is 0 Å². The molecule has 0 bridgehead atoms. The molecule has 46 valence electrons. The van der Waals surface area contributed by atoms with E-state index in [1.807, 2.05) is 24.3 Å². The van der Waals surface area contributed by atoms with Crippen molar-refractivity contribution in [3.63, 3.8) is 0 Å². The molecule has 1 aromatic carbocycles. The molecule has 0 aromatic heterocycles. The van der Waals surface area contributed by atoms with Gasteiger partial charge in [0.25, 0.3) is 0 Å². The van der Waals surface area contributed by atoms with Crippen LogP contribution in [0.15, 0.2) is 24.3 Å². The van der Waals surface area contributed by atoms with Gasteiger partial charge in [0.15, 0.2) is 0 Å². The maximum absolute atomic E-state index is 3.81. The highest BCUT2D eigenvalue weighted by molar-refractivity contribution is 9.09. The lowest BCUT2D eigenvalue weighted by molar-refractivity contribution is 1.25. The van der Waals surface area contributed by atoms with Crippen LogP contribution in [0.5, 0.6) is 0 Å². The van der Waals surface area contributed by atoms with Crippen LogP contribution >= 0.6 is 15.9 Å².